The summed E-state index contributed by atoms with van der Waals surface area (Å²) in [4.78, 5) is 0. The Bertz CT molecular complexity index is 417. The van der Waals surface area contributed by atoms with E-state index in [1.54, 1.807) is 7.11 Å². The Kier molecular flexibility index (Phi) is 7.24. The van der Waals surface area contributed by atoms with Gasteiger partial charge in [-0.3, -0.25) is 4.21 Å². The van der Waals surface area contributed by atoms with Crippen LogP contribution in [0.5, 0.6) is 5.75 Å². The van der Waals surface area contributed by atoms with Gasteiger partial charge in [-0.25, -0.2) is 0 Å². The number of nitrogens with one attached hydrogen (secondary N) is 1. The third kappa shape index (κ3) is 4.91. The number of methoxy groups -OCH3 is 1. The van der Waals surface area contributed by atoms with Crippen LogP contribution in [0.1, 0.15) is 39.3 Å². The third-order valence-electron chi connectivity index (χ3n) is 3.65. The van der Waals surface area contributed by atoms with E-state index in [4.69, 9.17) is 4.74 Å². The Morgan fingerprint density at radius 3 is 2.25 bits per heavy atom. The molecule has 1 rings (SSSR count). The first kappa shape index (κ1) is 17.2. The Morgan fingerprint density at radius 2 is 1.80 bits per heavy atom. The molecule has 1 aromatic rings. The van der Waals surface area contributed by atoms with Crippen molar-refractivity contribution in [2.45, 2.75) is 39.0 Å². The number of hydrogen-bond donors (Lipinski definition) is 1. The molecule has 0 saturated heterocycles. The summed E-state index contributed by atoms with van der Waals surface area (Å²) >= 11 is 0. The van der Waals surface area contributed by atoms with Crippen molar-refractivity contribution in [2.75, 3.05) is 19.4 Å². The van der Waals surface area contributed by atoms with Crippen molar-refractivity contribution < 1.29 is 8.95 Å². The minimum absolute atomic E-state index is 0.132. The topological polar surface area (TPSA) is 38.3 Å². The van der Waals surface area contributed by atoms with Gasteiger partial charge in [0.1, 0.15) is 5.75 Å². The lowest BCUT2D eigenvalue weighted by molar-refractivity contribution is 0.414. The minimum Gasteiger partial charge on any atom is -0.497 e. The number of hydrogen-bond acceptors (Lipinski definition) is 3. The van der Waals surface area contributed by atoms with Crippen molar-refractivity contribution in [2.24, 2.45) is 5.92 Å². The Balaban J connectivity index is 2.79. The van der Waals surface area contributed by atoms with E-state index in [0.29, 0.717) is 11.7 Å². The normalized spacial score (nSPS) is 15.9. The fraction of sp³-hybridized carbons (Fsp3) is 0.625. The Hall–Kier alpha value is -0.870. The predicted molar refractivity (Wildman–Crippen MR) is 86.7 cm³/mol. The van der Waals surface area contributed by atoms with E-state index in [2.05, 4.69) is 33.0 Å². The van der Waals surface area contributed by atoms with Crippen LogP contribution in [0.2, 0.25) is 0 Å². The molecule has 0 saturated carbocycles. The molecule has 3 atom stereocenters. The highest BCUT2D eigenvalue weighted by molar-refractivity contribution is 7.85. The van der Waals surface area contributed by atoms with E-state index in [9.17, 15) is 4.21 Å². The van der Waals surface area contributed by atoms with Crippen LogP contribution in [0.25, 0.3) is 0 Å². The van der Waals surface area contributed by atoms with Gasteiger partial charge in [0.25, 0.3) is 0 Å². The minimum atomic E-state index is -0.828. The summed E-state index contributed by atoms with van der Waals surface area (Å²) in [5.41, 5.74) is 1.16. The molecule has 0 bridgehead atoms. The highest BCUT2D eigenvalue weighted by Gasteiger charge is 2.20. The molecule has 0 amide bonds. The first-order valence-electron chi connectivity index (χ1n) is 7.24. The van der Waals surface area contributed by atoms with Gasteiger partial charge < -0.3 is 10.1 Å². The maximum absolute atomic E-state index is 12.4. The van der Waals surface area contributed by atoms with Crippen molar-refractivity contribution >= 4 is 10.8 Å². The average molecular weight is 297 g/mol. The largest absolute Gasteiger partial charge is 0.497 e. The zero-order valence-electron chi connectivity index (χ0n) is 13.2. The molecule has 0 heterocycles. The van der Waals surface area contributed by atoms with Crippen LogP contribution in [0.4, 0.5) is 0 Å². The summed E-state index contributed by atoms with van der Waals surface area (Å²) in [6.45, 7) is 9.25. The first-order chi connectivity index (χ1) is 9.49. The Labute approximate surface area is 125 Å². The summed E-state index contributed by atoms with van der Waals surface area (Å²) in [6.07, 6.45) is 0. The molecule has 0 aromatic heterocycles. The molecule has 3 nitrogen and oxygen atoms in total. The molecule has 0 radical (unpaired) electrons. The molecular formula is C16H27NO2S. The molecule has 0 aliphatic heterocycles. The van der Waals surface area contributed by atoms with Crippen LogP contribution in [0.15, 0.2) is 24.3 Å². The van der Waals surface area contributed by atoms with Crippen LogP contribution < -0.4 is 10.1 Å². The van der Waals surface area contributed by atoms with Gasteiger partial charge in [0.2, 0.25) is 0 Å². The SMILES string of the molecule is CCNC(CS(=O)C(C)C(C)C)c1ccc(OC)cc1. The standard InChI is InChI=1S/C16H27NO2S/c1-6-17-16(11-20(18)13(4)12(2)3)14-7-9-15(19-5)10-8-14/h7-10,12-13,16-17H,6,11H2,1-5H3. The zero-order chi connectivity index (χ0) is 15.1. The maximum atomic E-state index is 12.4. The second-order valence-electron chi connectivity index (χ2n) is 5.38. The highest BCUT2D eigenvalue weighted by Crippen LogP contribution is 2.20. The molecule has 20 heavy (non-hydrogen) atoms. The fourth-order valence-electron chi connectivity index (χ4n) is 1.98. The third-order valence-corrected chi connectivity index (χ3v) is 5.69. The van der Waals surface area contributed by atoms with Crippen LogP contribution in [0.3, 0.4) is 0 Å². The molecule has 1 aromatic carbocycles. The molecule has 0 aliphatic carbocycles. The quantitative estimate of drug-likeness (QED) is 0.801. The van der Waals surface area contributed by atoms with Gasteiger partial charge in [0.05, 0.1) is 7.11 Å². The van der Waals surface area contributed by atoms with E-state index in [-0.39, 0.29) is 11.3 Å². The van der Waals surface area contributed by atoms with Gasteiger partial charge in [-0.05, 0) is 30.2 Å². The molecule has 3 unspecified atom stereocenters. The summed E-state index contributed by atoms with van der Waals surface area (Å²) < 4.78 is 17.6. The number of benzene rings is 1. The summed E-state index contributed by atoms with van der Waals surface area (Å²) in [5, 5.41) is 3.64. The smallest absolute Gasteiger partial charge is 0.118 e. The van der Waals surface area contributed by atoms with Crippen molar-refractivity contribution in [1.82, 2.24) is 5.32 Å². The molecular weight excluding hydrogens is 270 g/mol. The summed E-state index contributed by atoms with van der Waals surface area (Å²) in [5.74, 6) is 1.94. The van der Waals surface area contributed by atoms with E-state index in [1.807, 2.05) is 24.3 Å². The molecule has 1 N–H and O–H groups in total. The van der Waals surface area contributed by atoms with Gasteiger partial charge >= 0.3 is 0 Å². The van der Waals surface area contributed by atoms with E-state index >= 15 is 0 Å². The highest BCUT2D eigenvalue weighted by atomic mass is 32.2. The van der Waals surface area contributed by atoms with Crippen molar-refractivity contribution in [1.29, 1.82) is 0 Å². The lowest BCUT2D eigenvalue weighted by Gasteiger charge is -2.22. The van der Waals surface area contributed by atoms with Gasteiger partial charge in [-0.15, -0.1) is 0 Å². The van der Waals surface area contributed by atoms with Crippen LogP contribution in [0, 0.1) is 5.92 Å². The Morgan fingerprint density at radius 1 is 1.20 bits per heavy atom. The van der Waals surface area contributed by atoms with Crippen molar-refractivity contribution in [3.63, 3.8) is 0 Å². The summed E-state index contributed by atoms with van der Waals surface area (Å²) in [7, 11) is 0.835. The van der Waals surface area contributed by atoms with Gasteiger partial charge in [0, 0.05) is 27.8 Å². The molecule has 0 aliphatic rings. The first-order valence-corrected chi connectivity index (χ1v) is 8.62. The van der Waals surface area contributed by atoms with Gasteiger partial charge in [-0.2, -0.15) is 0 Å². The molecule has 0 fully saturated rings. The maximum Gasteiger partial charge on any atom is 0.118 e. The zero-order valence-corrected chi connectivity index (χ0v) is 14.0. The van der Waals surface area contributed by atoms with Gasteiger partial charge in [0.15, 0.2) is 0 Å². The fourth-order valence-corrected chi connectivity index (χ4v) is 3.52. The van der Waals surface area contributed by atoms with E-state index < -0.39 is 10.8 Å². The van der Waals surface area contributed by atoms with Crippen molar-refractivity contribution in [3.05, 3.63) is 29.8 Å². The van der Waals surface area contributed by atoms with Crippen LogP contribution in [-0.2, 0) is 10.8 Å². The molecule has 0 spiro atoms. The summed E-state index contributed by atoms with van der Waals surface area (Å²) in [6, 6.07) is 8.13. The second kappa shape index (κ2) is 8.42. The number of ether oxygens (including phenoxy) is 1. The van der Waals surface area contributed by atoms with Gasteiger partial charge in [-0.1, -0.05) is 39.8 Å². The number of rotatable bonds is 8. The molecule has 114 valence electrons. The lowest BCUT2D eigenvalue weighted by Crippen LogP contribution is -2.30. The van der Waals surface area contributed by atoms with Crippen LogP contribution in [-0.4, -0.2) is 28.9 Å². The average Bonchev–Trinajstić information content (AvgIpc) is 2.45. The molecule has 4 heteroatoms. The lowest BCUT2D eigenvalue weighted by atomic mass is 10.1. The second-order valence-corrected chi connectivity index (χ2v) is 7.22. The van der Waals surface area contributed by atoms with Crippen LogP contribution >= 0.6 is 0 Å². The van der Waals surface area contributed by atoms with E-state index in [0.717, 1.165) is 17.9 Å². The van der Waals surface area contributed by atoms with Crippen molar-refractivity contribution in [3.8, 4) is 5.75 Å². The van der Waals surface area contributed by atoms with E-state index in [1.165, 1.54) is 0 Å². The monoisotopic (exact) mass is 297 g/mol. The predicted octanol–water partition coefficient (Wildman–Crippen LogP) is 3.14.